The molecule has 2 rings (SSSR count). The van der Waals surface area contributed by atoms with E-state index in [2.05, 4.69) is 0 Å². The molecule has 0 heterocycles. The zero-order valence-electron chi connectivity index (χ0n) is 16.4. The molecule has 1 atom stereocenters. The predicted octanol–water partition coefficient (Wildman–Crippen LogP) is 4.11. The Morgan fingerprint density at radius 3 is 2.07 bits per heavy atom. The Morgan fingerprint density at radius 2 is 1.52 bits per heavy atom. The molecule has 0 aliphatic carbocycles. The van der Waals surface area contributed by atoms with Crippen molar-refractivity contribution in [1.29, 1.82) is 0 Å². The number of aliphatic hydroxyl groups is 1. The highest BCUT2D eigenvalue weighted by molar-refractivity contribution is 5.72. The Kier molecular flexibility index (Phi) is 7.25. The first-order valence-electron chi connectivity index (χ1n) is 9.04. The van der Waals surface area contributed by atoms with Crippen molar-refractivity contribution in [2.24, 2.45) is 5.92 Å². The molecule has 5 heteroatoms. The molecule has 5 nitrogen and oxygen atoms in total. The molecule has 146 valence electrons. The number of carbonyl (C=O) groups excluding carboxylic acids is 1. The molecule has 0 saturated heterocycles. The molecule has 1 N–H and O–H groups in total. The Labute approximate surface area is 160 Å². The minimum Gasteiger partial charge on any atom is -0.488 e. The number of hydrogen-bond acceptors (Lipinski definition) is 5. The van der Waals surface area contributed by atoms with Crippen molar-refractivity contribution in [2.75, 3.05) is 6.79 Å². The third-order valence-electron chi connectivity index (χ3n) is 3.83. The molecule has 0 bridgehead atoms. The number of hydrogen-bond donors (Lipinski definition) is 1. The maximum Gasteiger partial charge on any atom is 0.309 e. The summed E-state index contributed by atoms with van der Waals surface area (Å²) in [6.45, 7) is 7.72. The van der Waals surface area contributed by atoms with Crippen molar-refractivity contribution in [3.05, 3.63) is 59.7 Å². The fraction of sp³-hybridized carbons (Fsp3) is 0.409. The zero-order valence-corrected chi connectivity index (χ0v) is 16.4. The molecule has 0 aliphatic heterocycles. The van der Waals surface area contributed by atoms with Gasteiger partial charge in [0.15, 0.2) is 6.79 Å². The highest BCUT2D eigenvalue weighted by Gasteiger charge is 2.16. The van der Waals surface area contributed by atoms with E-state index in [9.17, 15) is 4.79 Å². The van der Waals surface area contributed by atoms with E-state index in [4.69, 9.17) is 19.3 Å². The second-order valence-corrected chi connectivity index (χ2v) is 7.49. The molecule has 2 aromatic rings. The van der Waals surface area contributed by atoms with Crippen LogP contribution in [0.2, 0.25) is 0 Å². The largest absolute Gasteiger partial charge is 0.488 e. The topological polar surface area (TPSA) is 65.0 Å². The van der Waals surface area contributed by atoms with Gasteiger partial charge in [-0.3, -0.25) is 4.79 Å². The second-order valence-electron chi connectivity index (χ2n) is 7.49. The van der Waals surface area contributed by atoms with Crippen LogP contribution in [0.5, 0.6) is 11.5 Å². The molecule has 0 radical (unpaired) electrons. The van der Waals surface area contributed by atoms with Crippen LogP contribution in [0.15, 0.2) is 48.5 Å². The van der Waals surface area contributed by atoms with Crippen LogP contribution in [0.4, 0.5) is 0 Å². The van der Waals surface area contributed by atoms with E-state index in [1.807, 2.05) is 52.0 Å². The summed E-state index contributed by atoms with van der Waals surface area (Å²) in [7, 11) is 0. The van der Waals surface area contributed by atoms with Gasteiger partial charge >= 0.3 is 5.97 Å². The number of rotatable bonds is 8. The van der Waals surface area contributed by atoms with Crippen molar-refractivity contribution >= 4 is 5.97 Å². The zero-order chi connectivity index (χ0) is 19.9. The summed E-state index contributed by atoms with van der Waals surface area (Å²) in [6.07, 6.45) is 0.609. The molecule has 0 aliphatic rings. The number of benzene rings is 2. The molecule has 0 amide bonds. The lowest BCUT2D eigenvalue weighted by Gasteiger charge is -2.21. The van der Waals surface area contributed by atoms with Gasteiger partial charge in [0.1, 0.15) is 23.7 Å². The van der Waals surface area contributed by atoms with Crippen LogP contribution in [0.25, 0.3) is 0 Å². The fourth-order valence-corrected chi connectivity index (χ4v) is 2.54. The highest BCUT2D eigenvalue weighted by atomic mass is 16.6. The lowest BCUT2D eigenvalue weighted by molar-refractivity contribution is -0.149. The van der Waals surface area contributed by atoms with E-state index in [1.54, 1.807) is 24.3 Å². The Bertz CT molecular complexity index is 714. The van der Waals surface area contributed by atoms with Crippen molar-refractivity contribution in [3.63, 3.8) is 0 Å². The second kappa shape index (κ2) is 9.42. The van der Waals surface area contributed by atoms with Crippen LogP contribution in [0.1, 0.15) is 38.8 Å². The number of carbonyl (C=O) groups is 1. The Hall–Kier alpha value is -2.53. The summed E-state index contributed by atoms with van der Waals surface area (Å²) >= 11 is 0. The standard InChI is InChI=1S/C22H28O5/c1-16(13-17-5-11-20(12-6-17)27-22(2,3)4)21(24)25-14-18-7-9-19(10-8-18)26-15-23/h5-12,16,23H,13-15H2,1-4H3/t16-/m0/s1. The first kappa shape index (κ1) is 20.8. The van der Waals surface area contributed by atoms with Crippen LogP contribution in [-0.4, -0.2) is 23.5 Å². The van der Waals surface area contributed by atoms with Gasteiger partial charge in [-0.15, -0.1) is 0 Å². The number of ether oxygens (including phenoxy) is 3. The van der Waals surface area contributed by atoms with Gasteiger partial charge in [0.25, 0.3) is 0 Å². The first-order chi connectivity index (χ1) is 12.8. The quantitative estimate of drug-likeness (QED) is 0.558. The van der Waals surface area contributed by atoms with E-state index in [1.165, 1.54) is 0 Å². The summed E-state index contributed by atoms with van der Waals surface area (Å²) in [5.41, 5.74) is 1.69. The molecule has 0 fully saturated rings. The molecule has 0 spiro atoms. The Balaban J connectivity index is 1.82. The van der Waals surface area contributed by atoms with Crippen molar-refractivity contribution in [1.82, 2.24) is 0 Å². The van der Waals surface area contributed by atoms with Gasteiger partial charge in [-0.05, 0) is 62.6 Å². The molecular weight excluding hydrogens is 344 g/mol. The monoisotopic (exact) mass is 372 g/mol. The van der Waals surface area contributed by atoms with Gasteiger partial charge < -0.3 is 19.3 Å². The van der Waals surface area contributed by atoms with Crippen LogP contribution in [0.3, 0.4) is 0 Å². The van der Waals surface area contributed by atoms with E-state index >= 15 is 0 Å². The third-order valence-corrected chi connectivity index (χ3v) is 3.83. The Morgan fingerprint density at radius 1 is 0.963 bits per heavy atom. The number of aliphatic hydroxyl groups excluding tert-OH is 1. The third kappa shape index (κ3) is 7.31. The summed E-state index contributed by atoms with van der Waals surface area (Å²) in [4.78, 5) is 12.2. The molecular formula is C22H28O5. The maximum atomic E-state index is 12.2. The minimum absolute atomic E-state index is 0.209. The average Bonchev–Trinajstić information content (AvgIpc) is 2.61. The lowest BCUT2D eigenvalue weighted by atomic mass is 10.0. The van der Waals surface area contributed by atoms with E-state index in [0.717, 1.165) is 16.9 Å². The number of esters is 1. The van der Waals surface area contributed by atoms with E-state index in [0.29, 0.717) is 12.2 Å². The van der Waals surface area contributed by atoms with Crippen LogP contribution in [0, 0.1) is 5.92 Å². The van der Waals surface area contributed by atoms with Gasteiger partial charge in [0.05, 0.1) is 5.92 Å². The van der Waals surface area contributed by atoms with Crippen LogP contribution < -0.4 is 9.47 Å². The molecule has 2 aromatic carbocycles. The fourth-order valence-electron chi connectivity index (χ4n) is 2.54. The molecule has 0 saturated carbocycles. The maximum absolute atomic E-state index is 12.2. The van der Waals surface area contributed by atoms with Crippen molar-refractivity contribution in [2.45, 2.75) is 46.3 Å². The van der Waals surface area contributed by atoms with Gasteiger partial charge in [-0.1, -0.05) is 31.2 Å². The SMILES string of the molecule is C[C@@H](Cc1ccc(OC(C)(C)C)cc1)C(=O)OCc1ccc(OCO)cc1. The normalized spacial score (nSPS) is 12.3. The summed E-state index contributed by atoms with van der Waals surface area (Å²) < 4.78 is 16.2. The summed E-state index contributed by atoms with van der Waals surface area (Å²) in [5, 5.41) is 8.71. The first-order valence-corrected chi connectivity index (χ1v) is 9.04. The van der Waals surface area contributed by atoms with Gasteiger partial charge in [-0.2, -0.15) is 0 Å². The highest BCUT2D eigenvalue weighted by Crippen LogP contribution is 2.20. The average molecular weight is 372 g/mol. The van der Waals surface area contributed by atoms with Gasteiger partial charge in [-0.25, -0.2) is 0 Å². The van der Waals surface area contributed by atoms with E-state index < -0.39 is 0 Å². The van der Waals surface area contributed by atoms with Crippen molar-refractivity contribution < 1.29 is 24.1 Å². The predicted molar refractivity (Wildman–Crippen MR) is 104 cm³/mol. The summed E-state index contributed by atoms with van der Waals surface area (Å²) in [6, 6.07) is 14.9. The van der Waals surface area contributed by atoms with Crippen LogP contribution in [-0.2, 0) is 22.6 Å². The molecule has 0 aromatic heterocycles. The molecule has 27 heavy (non-hydrogen) atoms. The summed E-state index contributed by atoms with van der Waals surface area (Å²) in [5.74, 6) is 0.909. The minimum atomic E-state index is -0.366. The van der Waals surface area contributed by atoms with Gasteiger partial charge in [0, 0.05) is 0 Å². The van der Waals surface area contributed by atoms with Crippen molar-refractivity contribution in [3.8, 4) is 11.5 Å². The molecule has 0 unspecified atom stereocenters. The lowest BCUT2D eigenvalue weighted by Crippen LogP contribution is -2.22. The van der Waals surface area contributed by atoms with E-state index in [-0.39, 0.29) is 30.9 Å². The van der Waals surface area contributed by atoms with Crippen LogP contribution >= 0.6 is 0 Å². The van der Waals surface area contributed by atoms with Gasteiger partial charge in [0.2, 0.25) is 0 Å². The smallest absolute Gasteiger partial charge is 0.309 e.